The minimum Gasteiger partial charge on any atom is -0.309 e. The van der Waals surface area contributed by atoms with Gasteiger partial charge >= 0.3 is 0 Å². The number of hydrogen-bond donors (Lipinski definition) is 0. The van der Waals surface area contributed by atoms with Crippen LogP contribution in [-0.2, 0) is 0 Å². The standard InChI is InChI=1S/C13H27N/c1-11-5-7-13(8-6-11)9-12(2)10-14(3)4/h11-13H,5-10H2,1-4H3/t11?,12-,13?/m0/s1. The predicted molar refractivity (Wildman–Crippen MR) is 63.5 cm³/mol. The number of nitrogens with zero attached hydrogens (tertiary/aromatic N) is 1. The molecule has 0 saturated heterocycles. The molecule has 0 radical (unpaired) electrons. The van der Waals surface area contributed by atoms with Crippen molar-refractivity contribution in [1.82, 2.24) is 4.90 Å². The summed E-state index contributed by atoms with van der Waals surface area (Å²) in [4.78, 5) is 2.32. The zero-order valence-corrected chi connectivity index (χ0v) is 10.4. The van der Waals surface area contributed by atoms with Gasteiger partial charge in [0, 0.05) is 6.54 Å². The van der Waals surface area contributed by atoms with E-state index in [1.165, 1.54) is 38.6 Å². The summed E-state index contributed by atoms with van der Waals surface area (Å²) in [5, 5.41) is 0. The Bertz CT molecular complexity index is 145. The lowest BCUT2D eigenvalue weighted by atomic mass is 9.79. The fraction of sp³-hybridized carbons (Fsp3) is 1.00. The fourth-order valence-corrected chi connectivity index (χ4v) is 2.83. The maximum Gasteiger partial charge on any atom is 0.000102 e. The first-order valence-electron chi connectivity index (χ1n) is 6.22. The molecule has 1 atom stereocenters. The van der Waals surface area contributed by atoms with Crippen LogP contribution < -0.4 is 0 Å². The summed E-state index contributed by atoms with van der Waals surface area (Å²) < 4.78 is 0. The minimum absolute atomic E-state index is 0.878. The Hall–Kier alpha value is -0.0400. The third-order valence-electron chi connectivity index (χ3n) is 3.55. The van der Waals surface area contributed by atoms with Crippen molar-refractivity contribution in [1.29, 1.82) is 0 Å². The first-order chi connectivity index (χ1) is 6.58. The first-order valence-corrected chi connectivity index (χ1v) is 6.22. The van der Waals surface area contributed by atoms with Crippen molar-refractivity contribution in [2.24, 2.45) is 17.8 Å². The molecule has 0 spiro atoms. The quantitative estimate of drug-likeness (QED) is 0.667. The van der Waals surface area contributed by atoms with Crippen LogP contribution in [0, 0.1) is 17.8 Å². The van der Waals surface area contributed by atoms with Gasteiger partial charge in [0.2, 0.25) is 0 Å². The molecule has 0 amide bonds. The predicted octanol–water partition coefficient (Wildman–Crippen LogP) is 3.40. The van der Waals surface area contributed by atoms with Gasteiger partial charge in [-0.1, -0.05) is 39.5 Å². The van der Waals surface area contributed by atoms with Crippen LogP contribution in [0.1, 0.15) is 46.0 Å². The van der Waals surface area contributed by atoms with Gasteiger partial charge < -0.3 is 4.90 Å². The molecule has 1 aliphatic carbocycles. The van der Waals surface area contributed by atoms with E-state index in [1.54, 1.807) is 0 Å². The Morgan fingerprint density at radius 2 is 1.71 bits per heavy atom. The van der Waals surface area contributed by atoms with Crippen molar-refractivity contribution in [3.63, 3.8) is 0 Å². The van der Waals surface area contributed by atoms with Gasteiger partial charge in [-0.25, -0.2) is 0 Å². The molecule has 0 aromatic carbocycles. The summed E-state index contributed by atoms with van der Waals surface area (Å²) in [5.74, 6) is 2.90. The molecule has 0 bridgehead atoms. The van der Waals surface area contributed by atoms with Crippen LogP contribution in [0.3, 0.4) is 0 Å². The fourth-order valence-electron chi connectivity index (χ4n) is 2.83. The molecule has 1 aliphatic rings. The molecule has 1 saturated carbocycles. The lowest BCUT2D eigenvalue weighted by molar-refractivity contribution is 0.228. The molecule has 0 unspecified atom stereocenters. The molecule has 0 aliphatic heterocycles. The van der Waals surface area contributed by atoms with Crippen molar-refractivity contribution < 1.29 is 0 Å². The van der Waals surface area contributed by atoms with Crippen LogP contribution in [0.15, 0.2) is 0 Å². The SMILES string of the molecule is CC1CCC(C[C@H](C)CN(C)C)CC1. The molecular formula is C13H27N. The third kappa shape index (κ3) is 4.45. The molecule has 84 valence electrons. The molecule has 0 aromatic heterocycles. The zero-order chi connectivity index (χ0) is 10.6. The van der Waals surface area contributed by atoms with Gasteiger partial charge in [-0.3, -0.25) is 0 Å². The molecule has 1 rings (SSSR count). The second-order valence-corrected chi connectivity index (χ2v) is 5.73. The molecule has 14 heavy (non-hydrogen) atoms. The minimum atomic E-state index is 0.878. The van der Waals surface area contributed by atoms with Crippen LogP contribution in [0.25, 0.3) is 0 Å². The Labute approximate surface area is 89.9 Å². The highest BCUT2D eigenvalue weighted by molar-refractivity contribution is 4.72. The molecule has 1 fully saturated rings. The lowest BCUT2D eigenvalue weighted by Gasteiger charge is -2.29. The van der Waals surface area contributed by atoms with Gasteiger partial charge in [-0.15, -0.1) is 0 Å². The van der Waals surface area contributed by atoms with Gasteiger partial charge in [0.15, 0.2) is 0 Å². The Balaban J connectivity index is 2.17. The van der Waals surface area contributed by atoms with Crippen molar-refractivity contribution in [3.05, 3.63) is 0 Å². The van der Waals surface area contributed by atoms with Gasteiger partial charge in [-0.2, -0.15) is 0 Å². The van der Waals surface area contributed by atoms with Gasteiger partial charge in [0.05, 0.1) is 0 Å². The van der Waals surface area contributed by atoms with E-state index < -0.39 is 0 Å². The summed E-state index contributed by atoms with van der Waals surface area (Å²) in [6, 6.07) is 0. The summed E-state index contributed by atoms with van der Waals surface area (Å²) in [6.45, 7) is 6.06. The van der Waals surface area contributed by atoms with Crippen LogP contribution >= 0.6 is 0 Å². The summed E-state index contributed by atoms with van der Waals surface area (Å²) in [5.41, 5.74) is 0. The molecular weight excluding hydrogens is 170 g/mol. The maximum absolute atomic E-state index is 2.40. The molecule has 0 N–H and O–H groups in total. The summed E-state index contributed by atoms with van der Waals surface area (Å²) in [7, 11) is 4.36. The Morgan fingerprint density at radius 1 is 1.14 bits per heavy atom. The van der Waals surface area contributed by atoms with Gasteiger partial charge in [0.1, 0.15) is 0 Å². The topological polar surface area (TPSA) is 3.24 Å². The van der Waals surface area contributed by atoms with Crippen LogP contribution in [0.2, 0.25) is 0 Å². The molecule has 1 nitrogen and oxygen atoms in total. The normalized spacial score (nSPS) is 30.6. The van der Waals surface area contributed by atoms with Crippen molar-refractivity contribution >= 4 is 0 Å². The van der Waals surface area contributed by atoms with E-state index >= 15 is 0 Å². The average Bonchev–Trinajstić information content (AvgIpc) is 2.07. The van der Waals surface area contributed by atoms with Crippen LogP contribution in [-0.4, -0.2) is 25.5 Å². The highest BCUT2D eigenvalue weighted by atomic mass is 15.1. The first kappa shape index (κ1) is 12.0. The van der Waals surface area contributed by atoms with E-state index in [2.05, 4.69) is 32.8 Å². The Morgan fingerprint density at radius 3 is 2.21 bits per heavy atom. The average molecular weight is 197 g/mol. The van der Waals surface area contributed by atoms with E-state index in [0.29, 0.717) is 0 Å². The maximum atomic E-state index is 2.40. The highest BCUT2D eigenvalue weighted by Gasteiger charge is 2.20. The van der Waals surface area contributed by atoms with Crippen molar-refractivity contribution in [2.45, 2.75) is 46.0 Å². The number of rotatable bonds is 4. The lowest BCUT2D eigenvalue weighted by Crippen LogP contribution is -2.23. The van der Waals surface area contributed by atoms with Crippen LogP contribution in [0.5, 0.6) is 0 Å². The Kier molecular flexibility index (Phi) is 4.94. The second kappa shape index (κ2) is 5.75. The highest BCUT2D eigenvalue weighted by Crippen LogP contribution is 2.32. The van der Waals surface area contributed by atoms with E-state index in [0.717, 1.165) is 17.8 Å². The second-order valence-electron chi connectivity index (χ2n) is 5.73. The number of hydrogen-bond acceptors (Lipinski definition) is 1. The van der Waals surface area contributed by atoms with Gasteiger partial charge in [-0.05, 0) is 38.3 Å². The summed E-state index contributed by atoms with van der Waals surface area (Å²) in [6.07, 6.45) is 7.36. The molecule has 1 heteroatoms. The van der Waals surface area contributed by atoms with E-state index in [9.17, 15) is 0 Å². The largest absolute Gasteiger partial charge is 0.309 e. The smallest absolute Gasteiger partial charge is 0.000102 e. The summed E-state index contributed by atoms with van der Waals surface area (Å²) >= 11 is 0. The zero-order valence-electron chi connectivity index (χ0n) is 10.4. The molecule has 0 heterocycles. The molecule has 0 aromatic rings. The van der Waals surface area contributed by atoms with Crippen LogP contribution in [0.4, 0.5) is 0 Å². The monoisotopic (exact) mass is 197 g/mol. The van der Waals surface area contributed by atoms with E-state index in [-0.39, 0.29) is 0 Å². The van der Waals surface area contributed by atoms with Gasteiger partial charge in [0.25, 0.3) is 0 Å². The van der Waals surface area contributed by atoms with Crippen molar-refractivity contribution in [2.75, 3.05) is 20.6 Å². The third-order valence-corrected chi connectivity index (χ3v) is 3.55. The van der Waals surface area contributed by atoms with E-state index in [4.69, 9.17) is 0 Å². The van der Waals surface area contributed by atoms with Crippen molar-refractivity contribution in [3.8, 4) is 0 Å². The van der Waals surface area contributed by atoms with E-state index in [1.807, 2.05) is 0 Å².